The predicted octanol–water partition coefficient (Wildman–Crippen LogP) is 8.71. The first-order valence-electron chi connectivity index (χ1n) is 16.0. The number of hydrogen-bond donors (Lipinski definition) is 0. The van der Waals surface area contributed by atoms with Crippen molar-refractivity contribution in [3.63, 3.8) is 0 Å². The number of pyridine rings is 2. The third-order valence-electron chi connectivity index (χ3n) is 8.56. The number of ether oxygens (including phenoxy) is 1. The van der Waals surface area contributed by atoms with Gasteiger partial charge in [0.25, 0.3) is 0 Å². The lowest BCUT2D eigenvalue weighted by molar-refractivity contribution is 0.104. The summed E-state index contributed by atoms with van der Waals surface area (Å²) in [5.41, 5.74) is 9.85. The fraction of sp³-hybridized carbons (Fsp3) is 0.342. The highest BCUT2D eigenvalue weighted by molar-refractivity contribution is 6.31. The molecular weight excluding hydrogens is 615 g/mol. The van der Waals surface area contributed by atoms with Crippen LogP contribution in [0, 0.1) is 0 Å². The van der Waals surface area contributed by atoms with Crippen LogP contribution in [0.5, 0.6) is 0 Å². The number of amides is 1. The maximum Gasteiger partial charge on any atom is 0.409 e. The molecule has 0 unspecified atom stereocenters. The summed E-state index contributed by atoms with van der Waals surface area (Å²) >= 11 is 12.2. The second kappa shape index (κ2) is 16.2. The van der Waals surface area contributed by atoms with E-state index in [1.807, 2.05) is 55.7 Å². The molecule has 1 saturated heterocycles. The van der Waals surface area contributed by atoms with Crippen LogP contribution in [0.1, 0.15) is 65.7 Å². The van der Waals surface area contributed by atoms with E-state index in [1.165, 1.54) is 33.4 Å². The van der Waals surface area contributed by atoms with E-state index in [0.717, 1.165) is 60.1 Å². The van der Waals surface area contributed by atoms with Gasteiger partial charge in [-0.1, -0.05) is 59.1 Å². The number of piperidine rings is 1. The van der Waals surface area contributed by atoms with Crippen LogP contribution < -0.4 is 0 Å². The van der Waals surface area contributed by atoms with Crippen molar-refractivity contribution in [2.24, 2.45) is 0 Å². The second-order valence-corrected chi connectivity index (χ2v) is 12.8. The molecule has 1 fully saturated rings. The first kappa shape index (κ1) is 33.6. The number of hydrogen-bond acceptors (Lipinski definition) is 5. The van der Waals surface area contributed by atoms with Crippen LogP contribution in [-0.4, -0.2) is 66.2 Å². The molecule has 0 saturated carbocycles. The highest BCUT2D eigenvalue weighted by atomic mass is 35.5. The van der Waals surface area contributed by atoms with Crippen LogP contribution in [0.4, 0.5) is 4.79 Å². The van der Waals surface area contributed by atoms with Crippen molar-refractivity contribution < 1.29 is 9.53 Å². The quantitative estimate of drug-likeness (QED) is 0.208. The van der Waals surface area contributed by atoms with E-state index < -0.39 is 0 Å². The van der Waals surface area contributed by atoms with Gasteiger partial charge in [0.2, 0.25) is 0 Å². The molecule has 1 amide bonds. The molecule has 2 aromatic carbocycles. The lowest BCUT2D eigenvalue weighted by atomic mass is 9.88. The van der Waals surface area contributed by atoms with Crippen LogP contribution >= 0.6 is 23.2 Å². The highest BCUT2D eigenvalue weighted by Gasteiger charge is 2.27. The van der Waals surface area contributed by atoms with Crippen LogP contribution in [0.25, 0.3) is 5.57 Å². The molecule has 4 aromatic rings. The molecule has 2 aliphatic rings. The van der Waals surface area contributed by atoms with E-state index in [-0.39, 0.29) is 6.09 Å². The van der Waals surface area contributed by atoms with Crippen molar-refractivity contribution in [2.45, 2.75) is 44.9 Å². The largest absolute Gasteiger partial charge is 0.450 e. The molecule has 6 rings (SSSR count). The smallest absolute Gasteiger partial charge is 0.409 e. The summed E-state index contributed by atoms with van der Waals surface area (Å²) in [5.74, 6) is 0.320. The molecule has 240 valence electrons. The van der Waals surface area contributed by atoms with E-state index in [1.54, 1.807) is 4.90 Å². The summed E-state index contributed by atoms with van der Waals surface area (Å²) in [4.78, 5) is 25.3. The first-order valence-corrected chi connectivity index (χ1v) is 16.8. The summed E-state index contributed by atoms with van der Waals surface area (Å²) in [6.45, 7) is 4.65. The summed E-state index contributed by atoms with van der Waals surface area (Å²) in [6.07, 6.45) is 8.15. The number of likely N-dealkylation sites (tertiary alicyclic amines) is 1. The molecule has 46 heavy (non-hydrogen) atoms. The van der Waals surface area contributed by atoms with Gasteiger partial charge < -0.3 is 14.5 Å². The van der Waals surface area contributed by atoms with E-state index in [9.17, 15) is 4.79 Å². The highest BCUT2D eigenvalue weighted by Crippen LogP contribution is 2.38. The molecule has 0 spiro atoms. The van der Waals surface area contributed by atoms with Crippen molar-refractivity contribution in [2.75, 3.05) is 40.3 Å². The Morgan fingerprint density at radius 3 is 2.28 bits per heavy atom. The van der Waals surface area contributed by atoms with Crippen molar-refractivity contribution in [1.29, 1.82) is 0 Å². The molecule has 1 atom stereocenters. The molecular formula is C38H42Cl2N4O2. The topological polar surface area (TPSA) is 58.6 Å². The van der Waals surface area contributed by atoms with Gasteiger partial charge in [-0.05, 0) is 124 Å². The Morgan fingerprint density at radius 2 is 1.59 bits per heavy atom. The van der Waals surface area contributed by atoms with Crippen molar-refractivity contribution in [3.8, 4) is 0 Å². The monoisotopic (exact) mass is 656 g/mol. The number of fused-ring (bicyclic) bond motifs is 2. The molecule has 2 aromatic heterocycles. The number of halogens is 2. The van der Waals surface area contributed by atoms with Crippen LogP contribution in [0.3, 0.4) is 0 Å². The molecule has 3 heterocycles. The molecule has 0 radical (unpaired) electrons. The summed E-state index contributed by atoms with van der Waals surface area (Å²) in [5, 5.41) is 1.55. The van der Waals surface area contributed by atoms with Gasteiger partial charge in [0.15, 0.2) is 0 Å². The number of nitrogens with zero attached hydrogens (tertiary/aromatic N) is 4. The fourth-order valence-corrected chi connectivity index (χ4v) is 6.53. The predicted molar refractivity (Wildman–Crippen MR) is 188 cm³/mol. The fourth-order valence-electron chi connectivity index (χ4n) is 6.21. The van der Waals surface area contributed by atoms with Crippen LogP contribution in [0.2, 0.25) is 10.0 Å². The zero-order valence-corrected chi connectivity index (χ0v) is 28.4. The minimum absolute atomic E-state index is 0.215. The first-order chi connectivity index (χ1) is 22.3. The third-order valence-corrected chi connectivity index (χ3v) is 9.04. The van der Waals surface area contributed by atoms with E-state index in [0.29, 0.717) is 25.6 Å². The molecule has 0 bridgehead atoms. The van der Waals surface area contributed by atoms with Gasteiger partial charge in [0.05, 0.1) is 12.3 Å². The zero-order chi connectivity index (χ0) is 32.5. The number of aromatic nitrogens is 2. The average Bonchev–Trinajstić information content (AvgIpc) is 3.23. The van der Waals surface area contributed by atoms with Gasteiger partial charge in [-0.3, -0.25) is 9.97 Å². The molecule has 1 aliphatic heterocycles. The van der Waals surface area contributed by atoms with E-state index in [2.05, 4.69) is 60.4 Å². The number of rotatable bonds is 6. The lowest BCUT2D eigenvalue weighted by Crippen LogP contribution is -2.37. The minimum Gasteiger partial charge on any atom is -0.450 e. The van der Waals surface area contributed by atoms with Gasteiger partial charge in [0, 0.05) is 52.7 Å². The minimum atomic E-state index is -0.215. The Bertz CT molecular complexity index is 1630. The summed E-state index contributed by atoms with van der Waals surface area (Å²) in [7, 11) is 4.19. The second-order valence-electron chi connectivity index (χ2n) is 11.9. The number of aryl methyl sites for hydroxylation is 2. The normalized spacial score (nSPS) is 14.9. The number of benzene rings is 2. The Labute approximate surface area is 283 Å². The lowest BCUT2D eigenvalue weighted by Gasteiger charge is -2.29. The summed E-state index contributed by atoms with van der Waals surface area (Å²) < 4.78 is 5.15. The maximum absolute atomic E-state index is 12.0. The van der Waals surface area contributed by atoms with Gasteiger partial charge in [-0.25, -0.2) is 4.79 Å². The van der Waals surface area contributed by atoms with Crippen molar-refractivity contribution >= 4 is 34.9 Å². The third kappa shape index (κ3) is 8.55. The van der Waals surface area contributed by atoms with Gasteiger partial charge in [-0.15, -0.1) is 0 Å². The van der Waals surface area contributed by atoms with Crippen molar-refractivity contribution in [1.82, 2.24) is 19.8 Å². The van der Waals surface area contributed by atoms with Gasteiger partial charge in [0.1, 0.15) is 0 Å². The number of carbonyl (C=O) groups excluding carboxylic acids is 1. The standard InChI is InChI=1S/C22H23ClN2O2.C16H19ClN2/c1-2-27-22(26)25-12-9-15(10-13-25)20-19-8-7-18(23)14-17(19)6-5-16-4-3-11-24-21(16)20;1-19(2)12-10-15(16-5-3-4-11-18-16)13-6-8-14(17)9-7-13/h3-4,7-8,11,14H,2,5-6,9-10,12-13H2,1H3;3-9,11,15H,10,12H2,1-2H3/t;15-/m.0/s1. The van der Waals surface area contributed by atoms with Crippen LogP contribution in [-0.2, 0) is 17.6 Å². The molecule has 0 N–H and O–H groups in total. The Morgan fingerprint density at radius 1 is 0.870 bits per heavy atom. The SMILES string of the molecule is CCOC(=O)N1CCC(=C2c3ccc(Cl)cc3CCc3cccnc32)CC1.CN(C)CC[C@@H](c1ccc(Cl)cc1)c1ccccn1. The average molecular weight is 658 g/mol. The maximum atomic E-state index is 12.0. The Balaban J connectivity index is 0.000000193. The zero-order valence-electron chi connectivity index (χ0n) is 26.9. The molecule has 6 nitrogen and oxygen atoms in total. The van der Waals surface area contributed by atoms with Crippen molar-refractivity contribution in [3.05, 3.63) is 134 Å². The number of carbonyl (C=O) groups is 1. The van der Waals surface area contributed by atoms with Crippen LogP contribution in [0.15, 0.2) is 90.8 Å². The molecule has 1 aliphatic carbocycles. The van der Waals surface area contributed by atoms with Gasteiger partial charge in [-0.2, -0.15) is 0 Å². The van der Waals surface area contributed by atoms with E-state index >= 15 is 0 Å². The summed E-state index contributed by atoms with van der Waals surface area (Å²) in [6, 6.07) is 24.5. The molecule has 8 heteroatoms. The Kier molecular flexibility index (Phi) is 11.9. The van der Waals surface area contributed by atoms with Gasteiger partial charge >= 0.3 is 6.09 Å². The van der Waals surface area contributed by atoms with E-state index in [4.69, 9.17) is 32.9 Å². The Hall–Kier alpha value is -3.71.